The third kappa shape index (κ3) is 4.14. The van der Waals surface area contributed by atoms with Gasteiger partial charge in [-0.05, 0) is 36.1 Å². The summed E-state index contributed by atoms with van der Waals surface area (Å²) in [6.07, 6.45) is -4.16. The Morgan fingerprint density at radius 3 is 2.30 bits per heavy atom. The van der Waals surface area contributed by atoms with Crippen LogP contribution in [0.25, 0.3) is 0 Å². The maximum absolute atomic E-state index is 12.9. The summed E-state index contributed by atoms with van der Waals surface area (Å²) < 4.78 is 38.8. The first-order valence-electron chi connectivity index (χ1n) is 8.70. The predicted octanol–water partition coefficient (Wildman–Crippen LogP) is 3.22. The number of piperidine rings is 1. The van der Waals surface area contributed by atoms with Crippen molar-refractivity contribution in [2.24, 2.45) is 5.73 Å². The summed E-state index contributed by atoms with van der Waals surface area (Å²) in [6.45, 7) is 0.457. The summed E-state index contributed by atoms with van der Waals surface area (Å²) in [5.74, 6) is -0.257. The minimum absolute atomic E-state index is 0.154. The molecule has 1 fully saturated rings. The van der Waals surface area contributed by atoms with E-state index in [1.54, 1.807) is 29.2 Å². The molecule has 3 rings (SSSR count). The number of rotatable bonds is 3. The van der Waals surface area contributed by atoms with Crippen LogP contribution in [0, 0.1) is 0 Å². The van der Waals surface area contributed by atoms with E-state index in [0.29, 0.717) is 5.56 Å². The molecule has 0 bridgehead atoms. The minimum Gasteiger partial charge on any atom is -0.385 e. The number of hydrogen-bond acceptors (Lipinski definition) is 3. The molecule has 7 heteroatoms. The molecule has 1 atom stereocenters. The highest BCUT2D eigenvalue weighted by molar-refractivity contribution is 5.83. The van der Waals surface area contributed by atoms with Gasteiger partial charge in [0.15, 0.2) is 0 Å². The van der Waals surface area contributed by atoms with Crippen LogP contribution < -0.4 is 5.73 Å². The Bertz CT molecular complexity index is 800. The number of alkyl halides is 3. The zero-order valence-corrected chi connectivity index (χ0v) is 14.6. The van der Waals surface area contributed by atoms with Gasteiger partial charge >= 0.3 is 6.18 Å². The number of carbonyl (C=O) groups excluding carboxylic acids is 1. The first-order chi connectivity index (χ1) is 12.7. The van der Waals surface area contributed by atoms with Crippen molar-refractivity contribution in [2.75, 3.05) is 13.1 Å². The molecule has 1 saturated heterocycles. The molecule has 0 aromatic heterocycles. The van der Waals surface area contributed by atoms with Gasteiger partial charge in [-0.1, -0.05) is 42.5 Å². The van der Waals surface area contributed by atoms with Gasteiger partial charge in [0.1, 0.15) is 6.04 Å². The minimum atomic E-state index is -4.47. The Morgan fingerprint density at radius 1 is 1.07 bits per heavy atom. The molecule has 0 unspecified atom stereocenters. The van der Waals surface area contributed by atoms with E-state index in [2.05, 4.69) is 0 Å². The number of benzene rings is 2. The Hall–Kier alpha value is -2.38. The molecule has 1 aliphatic heterocycles. The van der Waals surface area contributed by atoms with Crippen LogP contribution in [0.1, 0.15) is 35.6 Å². The topological polar surface area (TPSA) is 66.6 Å². The van der Waals surface area contributed by atoms with E-state index in [1.807, 2.05) is 6.07 Å². The molecule has 1 aliphatic rings. The molecule has 0 radical (unpaired) electrons. The SMILES string of the molecule is N[C@H](C(=O)N1CCC(O)(c2cccc(C(F)(F)F)c2)CC1)c1ccccc1. The molecule has 2 aromatic carbocycles. The van der Waals surface area contributed by atoms with Gasteiger partial charge in [0.2, 0.25) is 5.91 Å². The van der Waals surface area contributed by atoms with Crippen LogP contribution in [0.2, 0.25) is 0 Å². The summed E-state index contributed by atoms with van der Waals surface area (Å²) in [5, 5.41) is 10.9. The fourth-order valence-corrected chi connectivity index (χ4v) is 3.37. The van der Waals surface area contributed by atoms with Gasteiger partial charge in [-0.3, -0.25) is 4.79 Å². The molecule has 1 heterocycles. The van der Waals surface area contributed by atoms with Crippen molar-refractivity contribution in [3.8, 4) is 0 Å². The number of nitrogens with zero attached hydrogens (tertiary/aromatic N) is 1. The zero-order chi connectivity index (χ0) is 19.7. The zero-order valence-electron chi connectivity index (χ0n) is 14.6. The van der Waals surface area contributed by atoms with Crippen LogP contribution in [0.3, 0.4) is 0 Å². The van der Waals surface area contributed by atoms with Crippen LogP contribution in [0.15, 0.2) is 54.6 Å². The molecule has 0 aliphatic carbocycles. The smallest absolute Gasteiger partial charge is 0.385 e. The van der Waals surface area contributed by atoms with Crippen molar-refractivity contribution in [1.29, 1.82) is 0 Å². The van der Waals surface area contributed by atoms with Crippen molar-refractivity contribution in [3.63, 3.8) is 0 Å². The predicted molar refractivity (Wildman–Crippen MR) is 94.5 cm³/mol. The number of hydrogen-bond donors (Lipinski definition) is 2. The van der Waals surface area contributed by atoms with E-state index in [4.69, 9.17) is 5.73 Å². The largest absolute Gasteiger partial charge is 0.416 e. The Kier molecular flexibility index (Phi) is 5.26. The van der Waals surface area contributed by atoms with Crippen LogP contribution >= 0.6 is 0 Å². The molecular weight excluding hydrogens is 357 g/mol. The molecule has 144 valence electrons. The van der Waals surface area contributed by atoms with Crippen LogP contribution in [0.5, 0.6) is 0 Å². The number of nitrogens with two attached hydrogens (primary N) is 1. The summed E-state index contributed by atoms with van der Waals surface area (Å²) in [6, 6.07) is 12.9. The third-order valence-corrected chi connectivity index (χ3v) is 5.05. The highest BCUT2D eigenvalue weighted by Gasteiger charge is 2.38. The second-order valence-corrected chi connectivity index (χ2v) is 6.82. The van der Waals surface area contributed by atoms with Gasteiger partial charge in [-0.25, -0.2) is 0 Å². The normalized spacial score (nSPS) is 18.2. The van der Waals surface area contributed by atoms with E-state index in [0.717, 1.165) is 12.1 Å². The lowest BCUT2D eigenvalue weighted by atomic mass is 9.83. The first-order valence-corrected chi connectivity index (χ1v) is 8.70. The van der Waals surface area contributed by atoms with E-state index in [-0.39, 0.29) is 37.4 Å². The highest BCUT2D eigenvalue weighted by Crippen LogP contribution is 2.37. The standard InChI is InChI=1S/C20H21F3N2O2/c21-20(22,23)16-8-4-7-15(13-16)19(27)9-11-25(12-10-19)18(26)17(24)14-5-2-1-3-6-14/h1-8,13,17,27H,9-12,24H2/t17-/m0/s1. The van der Waals surface area contributed by atoms with Gasteiger partial charge in [-0.2, -0.15) is 13.2 Å². The number of halogens is 3. The van der Waals surface area contributed by atoms with Crippen molar-refractivity contribution >= 4 is 5.91 Å². The Balaban J connectivity index is 1.70. The fourth-order valence-electron chi connectivity index (χ4n) is 3.37. The maximum atomic E-state index is 12.9. The molecule has 4 nitrogen and oxygen atoms in total. The van der Waals surface area contributed by atoms with E-state index < -0.39 is 23.4 Å². The lowest BCUT2D eigenvalue weighted by Crippen LogP contribution is -2.48. The quantitative estimate of drug-likeness (QED) is 0.862. The number of carbonyl (C=O) groups is 1. The lowest BCUT2D eigenvalue weighted by molar-refractivity contribution is -0.138. The molecule has 27 heavy (non-hydrogen) atoms. The number of aliphatic hydroxyl groups is 1. The monoisotopic (exact) mass is 378 g/mol. The van der Waals surface area contributed by atoms with Crippen molar-refractivity contribution < 1.29 is 23.1 Å². The summed E-state index contributed by atoms with van der Waals surface area (Å²) in [4.78, 5) is 14.2. The van der Waals surface area contributed by atoms with E-state index in [1.165, 1.54) is 12.1 Å². The second-order valence-electron chi connectivity index (χ2n) is 6.82. The second kappa shape index (κ2) is 7.32. The van der Waals surface area contributed by atoms with Crippen molar-refractivity contribution in [1.82, 2.24) is 4.90 Å². The van der Waals surface area contributed by atoms with Gasteiger partial charge in [0, 0.05) is 13.1 Å². The molecule has 3 N–H and O–H groups in total. The molecule has 2 aromatic rings. The molecule has 1 amide bonds. The van der Waals surface area contributed by atoms with Crippen LogP contribution in [-0.2, 0) is 16.6 Å². The number of likely N-dealkylation sites (tertiary alicyclic amines) is 1. The Morgan fingerprint density at radius 2 is 1.70 bits per heavy atom. The van der Waals surface area contributed by atoms with Crippen molar-refractivity contribution in [2.45, 2.75) is 30.7 Å². The Labute approximate surface area is 155 Å². The van der Waals surface area contributed by atoms with Crippen LogP contribution in [-0.4, -0.2) is 29.0 Å². The fraction of sp³-hybridized carbons (Fsp3) is 0.350. The van der Waals surface area contributed by atoms with Crippen molar-refractivity contribution in [3.05, 3.63) is 71.3 Å². The number of amides is 1. The van der Waals surface area contributed by atoms with Gasteiger partial charge in [0.05, 0.1) is 11.2 Å². The highest BCUT2D eigenvalue weighted by atomic mass is 19.4. The average Bonchev–Trinajstić information content (AvgIpc) is 2.67. The van der Waals surface area contributed by atoms with Crippen LogP contribution in [0.4, 0.5) is 13.2 Å². The maximum Gasteiger partial charge on any atom is 0.416 e. The van der Waals surface area contributed by atoms with Gasteiger partial charge in [0.25, 0.3) is 0 Å². The lowest BCUT2D eigenvalue weighted by Gasteiger charge is -2.39. The summed E-state index contributed by atoms with van der Waals surface area (Å²) in [5.41, 5.74) is 4.76. The molecular formula is C20H21F3N2O2. The van der Waals surface area contributed by atoms with Gasteiger partial charge < -0.3 is 15.7 Å². The first kappa shape index (κ1) is 19.4. The molecule has 0 spiro atoms. The summed E-state index contributed by atoms with van der Waals surface area (Å²) in [7, 11) is 0. The van der Waals surface area contributed by atoms with E-state index >= 15 is 0 Å². The average molecular weight is 378 g/mol. The third-order valence-electron chi connectivity index (χ3n) is 5.05. The van der Waals surface area contributed by atoms with E-state index in [9.17, 15) is 23.1 Å². The van der Waals surface area contributed by atoms with Gasteiger partial charge in [-0.15, -0.1) is 0 Å². The molecule has 0 saturated carbocycles. The summed E-state index contributed by atoms with van der Waals surface area (Å²) >= 11 is 0.